The third-order valence-corrected chi connectivity index (χ3v) is 12.0. The average molecular weight is 1420 g/mol. The lowest BCUT2D eigenvalue weighted by molar-refractivity contribution is -0.150. The zero-order valence-electron chi connectivity index (χ0n) is 58.1. The van der Waals surface area contributed by atoms with Crippen molar-refractivity contribution in [2.75, 3.05) is 145 Å². The summed E-state index contributed by atoms with van der Waals surface area (Å²) in [5.74, 6) is -8.87. The molecule has 0 saturated carbocycles. The number of carbonyl (C=O) groups excluding carboxylic acids is 8. The number of hydrogen-bond acceptors (Lipinski definition) is 31. The number of nitrogens with two attached hydrogens (primary N) is 1. The molecule has 0 radical (unpaired) electrons. The molecular weight excluding hydrogens is 1310 g/mol. The van der Waals surface area contributed by atoms with Crippen molar-refractivity contribution in [2.45, 2.75) is 86.4 Å². The number of aliphatic carboxylic acids is 3. The second-order valence-electron chi connectivity index (χ2n) is 20.4. The SMILES string of the molecule is C.COC[C@H](C)C(=O)O.COC[C@H](C)C(=O)OC.COC[C@H](CC(=O)[C@@H](C)COC)C(=O)OC.COC[C@H](CC(=O)[C@H](COC)NC(=O)c1cc(C)on1)C(=O)O.COC[C@H](CC(=O)[C@H](COC)NC(=O)c1cc(C)on1)C(=O)OC.COC[C@H](N)C(=O)O.Cc1cc(C(=O)O)no1. The first kappa shape index (κ1) is 98.1. The molecule has 0 unspecified atom stereocenters. The summed E-state index contributed by atoms with van der Waals surface area (Å²) in [6.45, 7) is 11.2. The highest BCUT2D eigenvalue weighted by Gasteiger charge is 2.31. The van der Waals surface area contributed by atoms with Gasteiger partial charge in [-0.1, -0.05) is 29.8 Å². The van der Waals surface area contributed by atoms with Gasteiger partial charge in [0, 0.05) is 107 Å². The Labute approximate surface area is 568 Å². The Morgan fingerprint density at radius 1 is 0.398 bits per heavy atom. The summed E-state index contributed by atoms with van der Waals surface area (Å²) in [5.41, 5.74) is 5.04. The number of esters is 3. The van der Waals surface area contributed by atoms with Crippen molar-refractivity contribution in [1.82, 2.24) is 26.1 Å². The number of nitrogens with one attached hydrogen (secondary N) is 2. The van der Waals surface area contributed by atoms with Crippen molar-refractivity contribution in [3.8, 4) is 0 Å². The van der Waals surface area contributed by atoms with Crippen LogP contribution in [0, 0.1) is 56.3 Å². The maximum atomic E-state index is 12.4. The molecule has 37 nitrogen and oxygen atoms in total. The molecule has 3 rings (SSSR count). The number of hydrogen-bond donors (Lipinski definition) is 7. The van der Waals surface area contributed by atoms with Gasteiger partial charge in [0.2, 0.25) is 0 Å². The van der Waals surface area contributed by atoms with Gasteiger partial charge in [-0.15, -0.1) is 0 Å². The van der Waals surface area contributed by atoms with Crippen LogP contribution in [0.25, 0.3) is 0 Å². The summed E-state index contributed by atoms with van der Waals surface area (Å²) in [7, 11) is 16.9. The van der Waals surface area contributed by atoms with Gasteiger partial charge < -0.3 is 107 Å². The van der Waals surface area contributed by atoms with E-state index < -0.39 is 89.3 Å². The number of amides is 2. The highest BCUT2D eigenvalue weighted by Crippen LogP contribution is 2.14. The second-order valence-corrected chi connectivity index (χ2v) is 20.4. The lowest BCUT2D eigenvalue weighted by atomic mass is 9.96. The van der Waals surface area contributed by atoms with Crippen molar-refractivity contribution >= 4 is 70.9 Å². The van der Waals surface area contributed by atoms with E-state index in [0.29, 0.717) is 30.5 Å². The van der Waals surface area contributed by atoms with E-state index in [4.69, 9.17) is 68.4 Å². The van der Waals surface area contributed by atoms with Gasteiger partial charge in [-0.25, -0.2) is 4.79 Å². The van der Waals surface area contributed by atoms with E-state index in [-0.39, 0.29) is 125 Å². The third kappa shape index (κ3) is 45.8. The van der Waals surface area contributed by atoms with Crippen LogP contribution in [0.15, 0.2) is 31.8 Å². The Balaban J connectivity index is -0.000000360. The molecule has 0 saturated heterocycles. The van der Waals surface area contributed by atoms with Gasteiger partial charge >= 0.3 is 41.8 Å². The minimum atomic E-state index is -1.14. The molecule has 3 heterocycles. The van der Waals surface area contributed by atoms with Crippen LogP contribution in [0.3, 0.4) is 0 Å². The van der Waals surface area contributed by atoms with Crippen molar-refractivity contribution in [3.63, 3.8) is 0 Å². The monoisotopic (exact) mass is 1410 g/mol. The first-order valence-corrected chi connectivity index (χ1v) is 29.0. The number of ether oxygens (including phenoxy) is 12. The van der Waals surface area contributed by atoms with E-state index in [0.717, 1.165) is 0 Å². The largest absolute Gasteiger partial charge is 0.481 e. The summed E-state index contributed by atoms with van der Waals surface area (Å²) < 4.78 is 70.9. The van der Waals surface area contributed by atoms with Crippen LogP contribution in [-0.4, -0.2) is 270 Å². The van der Waals surface area contributed by atoms with Gasteiger partial charge in [-0.2, -0.15) is 0 Å². The first-order valence-electron chi connectivity index (χ1n) is 29.0. The lowest BCUT2D eigenvalue weighted by Gasteiger charge is -2.19. The number of carboxylic acids is 4. The molecule has 0 aliphatic rings. The average Bonchev–Trinajstić information content (AvgIpc) is 1.55. The maximum absolute atomic E-state index is 12.4. The Kier molecular flexibility index (Phi) is 58.7. The maximum Gasteiger partial charge on any atom is 0.358 e. The molecule has 0 aliphatic carbocycles. The van der Waals surface area contributed by atoms with Crippen molar-refractivity contribution in [2.24, 2.45) is 41.2 Å². The zero-order valence-corrected chi connectivity index (χ0v) is 58.1. The molecule has 3 aromatic rings. The van der Waals surface area contributed by atoms with Gasteiger partial charge in [-0.3, -0.25) is 52.7 Å². The first-order chi connectivity index (χ1) is 45.6. The van der Waals surface area contributed by atoms with Gasteiger partial charge in [-0.05, 0) is 34.6 Å². The predicted molar refractivity (Wildman–Crippen MR) is 341 cm³/mol. The van der Waals surface area contributed by atoms with Gasteiger partial charge in [0.15, 0.2) is 28.6 Å². The fourth-order valence-electron chi connectivity index (χ4n) is 6.87. The van der Waals surface area contributed by atoms with E-state index in [9.17, 15) is 57.5 Å². The van der Waals surface area contributed by atoms with Crippen LogP contribution >= 0.6 is 0 Å². The Morgan fingerprint density at radius 2 is 0.704 bits per heavy atom. The van der Waals surface area contributed by atoms with E-state index in [2.05, 4.69) is 54.3 Å². The number of aryl methyl sites for hydroxylation is 3. The molecule has 562 valence electrons. The van der Waals surface area contributed by atoms with Gasteiger partial charge in [0.05, 0.1) is 110 Å². The molecule has 0 fully saturated rings. The number of ketones is 3. The number of carboxylic acid groups (broad SMARTS) is 4. The topological polar surface area (TPSA) is 525 Å². The van der Waals surface area contributed by atoms with Crippen LogP contribution in [0.1, 0.15) is 96.2 Å². The van der Waals surface area contributed by atoms with Crippen LogP contribution in [-0.2, 0) is 100.0 Å². The molecule has 2 amide bonds. The number of aromatic carboxylic acids is 1. The summed E-state index contributed by atoms with van der Waals surface area (Å²) in [6, 6.07) is 1.44. The number of nitrogens with zero attached hydrogens (tertiary/aromatic N) is 3. The number of carbonyl (C=O) groups is 12. The molecular formula is C61H102N6O31. The van der Waals surface area contributed by atoms with Crippen LogP contribution in [0.5, 0.6) is 0 Å². The summed E-state index contributed by atoms with van der Waals surface area (Å²) in [4.78, 5) is 135. The van der Waals surface area contributed by atoms with Crippen LogP contribution in [0.2, 0.25) is 0 Å². The minimum absolute atomic E-state index is 0. The van der Waals surface area contributed by atoms with Crippen LogP contribution in [0.4, 0.5) is 0 Å². The highest BCUT2D eigenvalue weighted by molar-refractivity contribution is 5.98. The van der Waals surface area contributed by atoms with Crippen molar-refractivity contribution < 1.29 is 148 Å². The van der Waals surface area contributed by atoms with E-state index >= 15 is 0 Å². The predicted octanol–water partition coefficient (Wildman–Crippen LogP) is 1.98. The fourth-order valence-corrected chi connectivity index (χ4v) is 6.87. The molecule has 0 spiro atoms. The quantitative estimate of drug-likeness (QED) is 0.0318. The molecule has 0 bridgehead atoms. The lowest BCUT2D eigenvalue weighted by Crippen LogP contribution is -2.45. The molecule has 98 heavy (non-hydrogen) atoms. The summed E-state index contributed by atoms with van der Waals surface area (Å²) in [5, 5.41) is 49.0. The molecule has 3 aromatic heterocycles. The molecule has 0 aliphatic heterocycles. The highest BCUT2D eigenvalue weighted by atomic mass is 16.5. The summed E-state index contributed by atoms with van der Waals surface area (Å²) >= 11 is 0. The Bertz CT molecular complexity index is 2740. The number of rotatable bonds is 38. The molecule has 37 heteroatoms. The van der Waals surface area contributed by atoms with Crippen LogP contribution < -0.4 is 16.4 Å². The second kappa shape index (κ2) is 58.6. The molecule has 9 atom stereocenters. The minimum Gasteiger partial charge on any atom is -0.481 e. The normalized spacial score (nSPS) is 12.9. The fraction of sp³-hybridized carbons (Fsp3) is 0.656. The number of aromatic nitrogens is 3. The standard InChI is InChI=1S/C15H22N2O7.C14H20N2O7.C11H20O5.C6H12O3.C5H5NO3.C5H10O3.C4H9NO3.CH4/c1-9-5-11(17-24-9)14(19)16-12(8-22-3)13(18)6-10(7-21-2)15(20)23-4;1-8-4-10(16-23-8)13(18)15-11(7-22-3)12(17)5-9(6-21-2)14(19)20;1-8(6-14-2)10(12)5-9(7-15-3)11(13)16-4;1-5(4-8-2)6(7)9-3;1-3-2-4(5(7)8)6-9-3;1-4(3-8-2)5(6)7;1-8-2-3(5)4(6)7;/h5,10,12H,6-8H2,1-4H3,(H,16,19);4,9,11H,5-7H2,1-3H3,(H,15,18)(H,19,20);8-9H,5-7H2,1-4H3;5H,4H2,1-3H3;2H,1H3,(H,7,8);4H,3H2,1-2H3,(H,6,7);3H,2,5H2,1H3,(H,6,7);1H4/t10-,12-;9-,11-;8-,9-;5-;;4-;3-;/m0000.00./s1. The molecule has 0 aromatic carbocycles. The van der Waals surface area contributed by atoms with E-state index in [1.54, 1.807) is 48.7 Å². The van der Waals surface area contributed by atoms with E-state index in [1.165, 1.54) is 96.4 Å². The number of methoxy groups -OCH3 is 12. The van der Waals surface area contributed by atoms with Crippen molar-refractivity contribution in [3.05, 3.63) is 52.6 Å². The third-order valence-electron chi connectivity index (χ3n) is 12.0. The van der Waals surface area contributed by atoms with Gasteiger partial charge in [0.25, 0.3) is 11.8 Å². The van der Waals surface area contributed by atoms with Gasteiger partial charge in [0.1, 0.15) is 41.2 Å². The zero-order chi connectivity index (χ0) is 75.3. The smallest absolute Gasteiger partial charge is 0.358 e. The van der Waals surface area contributed by atoms with E-state index in [1.807, 2.05) is 0 Å². The number of Topliss-reactive ketones (excluding diaryl/α,β-unsaturated/α-hetero) is 3. The molecule has 8 N–H and O–H groups in total. The van der Waals surface area contributed by atoms with Crippen molar-refractivity contribution in [1.29, 1.82) is 0 Å². The summed E-state index contributed by atoms with van der Waals surface area (Å²) in [6.07, 6.45) is -0.299. The Hall–Kier alpha value is -8.53. The Morgan fingerprint density at radius 3 is 0.959 bits per heavy atom.